The maximum absolute atomic E-state index is 12.3. The lowest BCUT2D eigenvalue weighted by molar-refractivity contribution is 0.0962. The molecule has 0 aliphatic heterocycles. The van der Waals surface area contributed by atoms with Crippen LogP contribution in [0, 0.1) is 13.8 Å². The smallest absolute Gasteiger partial charge is 0.269 e. The Balaban J connectivity index is 1.74. The molecular formula is C19H18ClN5O2. The minimum Gasteiger partial charge on any atom is -0.437 e. The van der Waals surface area contributed by atoms with Gasteiger partial charge in [-0.1, -0.05) is 29.8 Å². The van der Waals surface area contributed by atoms with Crippen LogP contribution in [-0.4, -0.2) is 15.9 Å². The number of halogens is 1. The largest absolute Gasteiger partial charge is 0.437 e. The molecule has 3 aromatic rings. The molecule has 8 heteroatoms. The predicted molar refractivity (Wildman–Crippen MR) is 105 cm³/mol. The van der Waals surface area contributed by atoms with Crippen molar-refractivity contribution in [3.63, 3.8) is 0 Å². The van der Waals surface area contributed by atoms with Crippen LogP contribution >= 0.6 is 11.6 Å². The summed E-state index contributed by atoms with van der Waals surface area (Å²) in [5.41, 5.74) is 13.8. The molecule has 1 heterocycles. The second kappa shape index (κ2) is 7.92. The molecular weight excluding hydrogens is 366 g/mol. The quantitative estimate of drug-likeness (QED) is 0.578. The van der Waals surface area contributed by atoms with Gasteiger partial charge in [-0.25, -0.2) is 4.98 Å². The minimum atomic E-state index is -0.304. The van der Waals surface area contributed by atoms with Crippen molar-refractivity contribution < 1.29 is 9.53 Å². The molecule has 0 aliphatic rings. The van der Waals surface area contributed by atoms with Gasteiger partial charge in [0.05, 0.1) is 0 Å². The van der Waals surface area contributed by atoms with Crippen molar-refractivity contribution in [2.45, 2.75) is 13.8 Å². The van der Waals surface area contributed by atoms with Crippen molar-refractivity contribution in [1.29, 1.82) is 0 Å². The number of nitrogens with zero attached hydrogens (tertiary/aromatic N) is 2. The third-order valence-electron chi connectivity index (χ3n) is 3.88. The van der Waals surface area contributed by atoms with Gasteiger partial charge in [0.25, 0.3) is 5.91 Å². The van der Waals surface area contributed by atoms with Gasteiger partial charge in [-0.2, -0.15) is 4.98 Å². The number of anilines is 2. The zero-order valence-corrected chi connectivity index (χ0v) is 15.5. The molecule has 0 saturated heterocycles. The highest BCUT2D eigenvalue weighted by molar-refractivity contribution is 6.31. The van der Waals surface area contributed by atoms with E-state index in [0.29, 0.717) is 16.3 Å². The highest BCUT2D eigenvalue weighted by atomic mass is 35.5. The fraction of sp³-hybridized carbons (Fsp3) is 0.105. The molecule has 0 radical (unpaired) electrons. The van der Waals surface area contributed by atoms with Crippen LogP contribution in [0.4, 0.5) is 11.5 Å². The highest BCUT2D eigenvalue weighted by Crippen LogP contribution is 2.30. The molecule has 0 unspecified atom stereocenters. The summed E-state index contributed by atoms with van der Waals surface area (Å²) in [4.78, 5) is 20.4. The molecule has 0 fully saturated rings. The number of hydrogen-bond acceptors (Lipinski definition) is 6. The van der Waals surface area contributed by atoms with E-state index in [2.05, 4.69) is 20.8 Å². The average Bonchev–Trinajstić information content (AvgIpc) is 2.65. The summed E-state index contributed by atoms with van der Waals surface area (Å²) in [6, 6.07) is 12.5. The summed E-state index contributed by atoms with van der Waals surface area (Å²) in [6.45, 7) is 3.72. The van der Waals surface area contributed by atoms with Gasteiger partial charge >= 0.3 is 0 Å². The first kappa shape index (κ1) is 18.5. The number of nitrogen functional groups attached to an aromatic ring is 1. The van der Waals surface area contributed by atoms with Gasteiger partial charge in [0.15, 0.2) is 5.82 Å². The highest BCUT2D eigenvalue weighted by Gasteiger charge is 2.13. The molecule has 27 heavy (non-hydrogen) atoms. The molecule has 138 valence electrons. The number of hydrogen-bond donors (Lipinski definition) is 3. The SMILES string of the molecule is Cc1cc(Oc2ncnc(NNC(=O)c3ccccc3C)c2N)ccc1Cl. The van der Waals surface area contributed by atoms with Crippen molar-refractivity contribution in [3.05, 3.63) is 70.5 Å². The van der Waals surface area contributed by atoms with Crippen LogP contribution in [0.2, 0.25) is 5.02 Å². The molecule has 2 aromatic carbocycles. The second-order valence-electron chi connectivity index (χ2n) is 5.85. The maximum atomic E-state index is 12.3. The van der Waals surface area contributed by atoms with Gasteiger partial charge in [0, 0.05) is 10.6 Å². The molecule has 1 amide bonds. The summed E-state index contributed by atoms with van der Waals surface area (Å²) >= 11 is 6.02. The van der Waals surface area contributed by atoms with Crippen molar-refractivity contribution in [2.75, 3.05) is 11.2 Å². The zero-order valence-electron chi connectivity index (χ0n) is 14.8. The summed E-state index contributed by atoms with van der Waals surface area (Å²) in [5.74, 6) is 0.631. The lowest BCUT2D eigenvalue weighted by Crippen LogP contribution is -2.30. The molecule has 7 nitrogen and oxygen atoms in total. The molecule has 0 atom stereocenters. The number of carbonyl (C=O) groups excluding carboxylic acids is 1. The predicted octanol–water partition coefficient (Wildman–Crippen LogP) is 3.88. The summed E-state index contributed by atoms with van der Waals surface area (Å²) in [6.07, 6.45) is 1.29. The van der Waals surface area contributed by atoms with E-state index >= 15 is 0 Å². The lowest BCUT2D eigenvalue weighted by atomic mass is 10.1. The van der Waals surface area contributed by atoms with Gasteiger partial charge in [0.2, 0.25) is 5.88 Å². The monoisotopic (exact) mass is 383 g/mol. The number of hydrazine groups is 1. The molecule has 0 bridgehead atoms. The van der Waals surface area contributed by atoms with Crippen molar-refractivity contribution in [1.82, 2.24) is 15.4 Å². The molecule has 1 aromatic heterocycles. The number of carbonyl (C=O) groups is 1. The van der Waals surface area contributed by atoms with Crippen LogP contribution in [0.15, 0.2) is 48.8 Å². The Morgan fingerprint density at radius 2 is 1.89 bits per heavy atom. The standard InChI is InChI=1S/C19H18ClN5O2/c1-11-5-3-4-6-14(11)18(26)25-24-17-16(21)19(23-10-22-17)27-13-7-8-15(20)12(2)9-13/h3-10H,21H2,1-2H3,(H,25,26)(H,22,23,24). The first-order valence-corrected chi connectivity index (χ1v) is 8.50. The minimum absolute atomic E-state index is 0.162. The van der Waals surface area contributed by atoms with E-state index in [4.69, 9.17) is 22.1 Å². The topological polar surface area (TPSA) is 102 Å². The van der Waals surface area contributed by atoms with Crippen LogP contribution in [-0.2, 0) is 0 Å². The van der Waals surface area contributed by atoms with Crippen LogP contribution in [0.5, 0.6) is 11.6 Å². The van der Waals surface area contributed by atoms with E-state index < -0.39 is 0 Å². The summed E-state index contributed by atoms with van der Waals surface area (Å²) in [5, 5.41) is 0.638. The second-order valence-corrected chi connectivity index (χ2v) is 6.26. The normalized spacial score (nSPS) is 10.3. The number of benzene rings is 2. The van der Waals surface area contributed by atoms with Crippen LogP contribution < -0.4 is 21.3 Å². The third-order valence-corrected chi connectivity index (χ3v) is 4.30. The Morgan fingerprint density at radius 1 is 1.11 bits per heavy atom. The Kier molecular flexibility index (Phi) is 5.42. The Labute approximate surface area is 161 Å². The summed E-state index contributed by atoms with van der Waals surface area (Å²) < 4.78 is 5.71. The van der Waals surface area contributed by atoms with Crippen LogP contribution in [0.3, 0.4) is 0 Å². The molecule has 0 saturated carbocycles. The van der Waals surface area contributed by atoms with Crippen LogP contribution in [0.25, 0.3) is 0 Å². The Morgan fingerprint density at radius 3 is 2.63 bits per heavy atom. The van der Waals surface area contributed by atoms with E-state index in [9.17, 15) is 4.79 Å². The number of aromatic nitrogens is 2. The van der Waals surface area contributed by atoms with E-state index in [1.54, 1.807) is 30.3 Å². The first-order valence-electron chi connectivity index (χ1n) is 8.12. The van der Waals surface area contributed by atoms with Crippen LogP contribution in [0.1, 0.15) is 21.5 Å². The van der Waals surface area contributed by atoms with E-state index in [-0.39, 0.29) is 23.3 Å². The zero-order chi connectivity index (χ0) is 19.4. The number of aryl methyl sites for hydroxylation is 2. The lowest BCUT2D eigenvalue weighted by Gasteiger charge is -2.13. The number of ether oxygens (including phenoxy) is 1. The third kappa shape index (κ3) is 4.27. The number of nitrogens with one attached hydrogen (secondary N) is 2. The average molecular weight is 384 g/mol. The van der Waals surface area contributed by atoms with Crippen molar-refractivity contribution in [3.8, 4) is 11.6 Å². The van der Waals surface area contributed by atoms with Gasteiger partial charge in [-0.05, 0) is 49.2 Å². The van der Waals surface area contributed by atoms with Crippen molar-refractivity contribution >= 4 is 29.0 Å². The van der Waals surface area contributed by atoms with Gasteiger partial charge in [0.1, 0.15) is 17.8 Å². The molecule has 3 rings (SSSR count). The maximum Gasteiger partial charge on any atom is 0.269 e. The van der Waals surface area contributed by atoms with Gasteiger partial charge < -0.3 is 10.5 Å². The number of rotatable bonds is 5. The summed E-state index contributed by atoms with van der Waals surface area (Å²) in [7, 11) is 0. The fourth-order valence-electron chi connectivity index (χ4n) is 2.36. The first-order chi connectivity index (χ1) is 13.0. The number of amides is 1. The van der Waals surface area contributed by atoms with Crippen molar-refractivity contribution in [2.24, 2.45) is 0 Å². The fourth-order valence-corrected chi connectivity index (χ4v) is 2.48. The molecule has 0 aliphatic carbocycles. The molecule has 0 spiro atoms. The van der Waals surface area contributed by atoms with E-state index in [1.165, 1.54) is 6.33 Å². The van der Waals surface area contributed by atoms with Gasteiger partial charge in [-0.3, -0.25) is 15.6 Å². The van der Waals surface area contributed by atoms with Gasteiger partial charge in [-0.15, -0.1) is 0 Å². The Hall–Kier alpha value is -3.32. The number of nitrogens with two attached hydrogens (primary N) is 1. The molecule has 4 N–H and O–H groups in total. The Bertz CT molecular complexity index is 994. The van der Waals surface area contributed by atoms with E-state index in [0.717, 1.165) is 11.1 Å². The van der Waals surface area contributed by atoms with E-state index in [1.807, 2.05) is 26.0 Å².